The van der Waals surface area contributed by atoms with Crippen molar-refractivity contribution in [3.05, 3.63) is 47.4 Å². The summed E-state index contributed by atoms with van der Waals surface area (Å²) in [7, 11) is 0. The van der Waals surface area contributed by atoms with Crippen LogP contribution in [0.4, 0.5) is 0 Å². The molecule has 1 aliphatic heterocycles. The number of rotatable bonds is 2. The molecule has 1 saturated heterocycles. The number of aryl methyl sites for hydroxylation is 1. The van der Waals surface area contributed by atoms with Gasteiger partial charge in [-0.1, -0.05) is 25.8 Å². The summed E-state index contributed by atoms with van der Waals surface area (Å²) in [6.07, 6.45) is 7.95. The highest BCUT2D eigenvalue weighted by Crippen LogP contribution is 2.39. The van der Waals surface area contributed by atoms with Gasteiger partial charge in [0.25, 0.3) is 5.91 Å². The van der Waals surface area contributed by atoms with Crippen molar-refractivity contribution in [2.24, 2.45) is 11.8 Å². The summed E-state index contributed by atoms with van der Waals surface area (Å²) in [6.45, 7) is 7.37. The largest absolute Gasteiger partial charge is 0.335 e. The van der Waals surface area contributed by atoms with Crippen LogP contribution in [0.15, 0.2) is 30.5 Å². The van der Waals surface area contributed by atoms with Gasteiger partial charge in [-0.3, -0.25) is 4.79 Å². The molecule has 4 nitrogen and oxygen atoms in total. The van der Waals surface area contributed by atoms with Crippen LogP contribution in [0.25, 0.3) is 5.82 Å². The van der Waals surface area contributed by atoms with Gasteiger partial charge in [-0.15, -0.1) is 0 Å². The molecule has 3 unspecified atom stereocenters. The highest BCUT2D eigenvalue weighted by atomic mass is 16.2. The van der Waals surface area contributed by atoms with Crippen LogP contribution in [0.1, 0.15) is 60.8 Å². The summed E-state index contributed by atoms with van der Waals surface area (Å²) < 4.78 is 2.10. The molecule has 2 aromatic rings. The van der Waals surface area contributed by atoms with Gasteiger partial charge in [0.2, 0.25) is 0 Å². The number of piperidine rings is 1. The van der Waals surface area contributed by atoms with Crippen LogP contribution in [0.2, 0.25) is 0 Å². The van der Waals surface area contributed by atoms with Gasteiger partial charge in [-0.25, -0.2) is 4.98 Å². The van der Waals surface area contributed by atoms with E-state index in [4.69, 9.17) is 0 Å². The third-order valence-corrected chi connectivity index (χ3v) is 6.54. The quantitative estimate of drug-likeness (QED) is 0.797. The predicted octanol–water partition coefficient (Wildman–Crippen LogP) is 4.53. The lowest BCUT2D eigenvalue weighted by Gasteiger charge is -2.47. The molecule has 4 heteroatoms. The number of pyridine rings is 1. The Bertz CT molecular complexity index is 795. The monoisotopic (exact) mass is 351 g/mol. The normalized spacial score (nSPS) is 25.8. The minimum atomic E-state index is 0.212. The van der Waals surface area contributed by atoms with E-state index >= 15 is 0 Å². The van der Waals surface area contributed by atoms with Crippen LogP contribution in [-0.4, -0.2) is 32.9 Å². The van der Waals surface area contributed by atoms with E-state index in [2.05, 4.69) is 28.3 Å². The van der Waals surface area contributed by atoms with Gasteiger partial charge in [0, 0.05) is 30.2 Å². The molecule has 138 valence electrons. The summed E-state index contributed by atoms with van der Waals surface area (Å²) in [5, 5.41) is 0. The highest BCUT2D eigenvalue weighted by Gasteiger charge is 2.40. The van der Waals surface area contributed by atoms with E-state index in [1.54, 1.807) is 6.20 Å². The first-order valence-corrected chi connectivity index (χ1v) is 9.99. The van der Waals surface area contributed by atoms with Crippen molar-refractivity contribution in [2.45, 2.75) is 58.9 Å². The Kier molecular flexibility index (Phi) is 4.60. The molecule has 2 aliphatic rings. The van der Waals surface area contributed by atoms with Crippen molar-refractivity contribution in [2.75, 3.05) is 6.54 Å². The molecule has 2 aromatic heterocycles. The van der Waals surface area contributed by atoms with E-state index < -0.39 is 0 Å². The summed E-state index contributed by atoms with van der Waals surface area (Å²) in [6, 6.07) is 8.37. The molecule has 4 rings (SSSR count). The fourth-order valence-corrected chi connectivity index (χ4v) is 5.14. The second-order valence-corrected chi connectivity index (χ2v) is 8.09. The number of carbonyl (C=O) groups excluding carboxylic acids is 1. The number of aromatic nitrogens is 2. The zero-order valence-corrected chi connectivity index (χ0v) is 16.1. The fraction of sp³-hybridized carbons (Fsp3) is 0.545. The Morgan fingerprint density at radius 2 is 1.96 bits per heavy atom. The highest BCUT2D eigenvalue weighted by molar-refractivity contribution is 5.96. The van der Waals surface area contributed by atoms with Crippen molar-refractivity contribution in [1.82, 2.24) is 14.5 Å². The second-order valence-electron chi connectivity index (χ2n) is 8.09. The van der Waals surface area contributed by atoms with E-state index in [1.807, 2.05) is 31.2 Å². The molecule has 1 amide bonds. The SMILES string of the molecule is Cc1cc(C(=O)N2CCC(C)C3CCCCC32)c(C)n1-c1ccccn1. The van der Waals surface area contributed by atoms with Crippen molar-refractivity contribution in [1.29, 1.82) is 0 Å². The maximum Gasteiger partial charge on any atom is 0.255 e. The third-order valence-electron chi connectivity index (χ3n) is 6.54. The predicted molar refractivity (Wildman–Crippen MR) is 104 cm³/mol. The number of amides is 1. The fourth-order valence-electron chi connectivity index (χ4n) is 5.14. The van der Waals surface area contributed by atoms with E-state index in [-0.39, 0.29) is 5.91 Å². The Hall–Kier alpha value is -2.10. The van der Waals surface area contributed by atoms with Gasteiger partial charge in [0.1, 0.15) is 5.82 Å². The van der Waals surface area contributed by atoms with Gasteiger partial charge < -0.3 is 9.47 Å². The minimum Gasteiger partial charge on any atom is -0.335 e. The van der Waals surface area contributed by atoms with Crippen molar-refractivity contribution < 1.29 is 4.79 Å². The van der Waals surface area contributed by atoms with E-state index in [9.17, 15) is 4.79 Å². The Balaban J connectivity index is 1.67. The second kappa shape index (κ2) is 6.90. The summed E-state index contributed by atoms with van der Waals surface area (Å²) in [5.74, 6) is 2.51. The van der Waals surface area contributed by atoms with Gasteiger partial charge in [0.05, 0.1) is 5.56 Å². The third kappa shape index (κ3) is 2.85. The number of likely N-dealkylation sites (tertiary alicyclic amines) is 1. The van der Waals surface area contributed by atoms with Crippen LogP contribution < -0.4 is 0 Å². The lowest BCUT2D eigenvalue weighted by molar-refractivity contribution is 0.0217. The van der Waals surface area contributed by atoms with E-state index in [0.717, 1.165) is 41.7 Å². The summed E-state index contributed by atoms with van der Waals surface area (Å²) in [4.78, 5) is 20.1. The molecule has 3 heterocycles. The first kappa shape index (κ1) is 17.3. The molecule has 1 saturated carbocycles. The molecule has 2 fully saturated rings. The van der Waals surface area contributed by atoms with Crippen LogP contribution in [0.3, 0.4) is 0 Å². The molecule has 0 radical (unpaired) electrons. The maximum absolute atomic E-state index is 13.5. The topological polar surface area (TPSA) is 38.1 Å². The molecular weight excluding hydrogens is 322 g/mol. The van der Waals surface area contributed by atoms with Gasteiger partial charge in [0.15, 0.2) is 0 Å². The molecule has 0 aromatic carbocycles. The Labute approximate surface area is 156 Å². The Morgan fingerprint density at radius 3 is 2.73 bits per heavy atom. The summed E-state index contributed by atoms with van der Waals surface area (Å²) >= 11 is 0. The van der Waals surface area contributed by atoms with Crippen molar-refractivity contribution in [3.8, 4) is 5.82 Å². The van der Waals surface area contributed by atoms with Crippen molar-refractivity contribution >= 4 is 5.91 Å². The van der Waals surface area contributed by atoms with Crippen molar-refractivity contribution in [3.63, 3.8) is 0 Å². The average Bonchev–Trinajstić information content (AvgIpc) is 2.97. The summed E-state index contributed by atoms with van der Waals surface area (Å²) in [5.41, 5.74) is 2.90. The van der Waals surface area contributed by atoms with Crippen LogP contribution in [-0.2, 0) is 0 Å². The van der Waals surface area contributed by atoms with Crippen LogP contribution in [0.5, 0.6) is 0 Å². The molecule has 0 spiro atoms. The maximum atomic E-state index is 13.5. The van der Waals surface area contributed by atoms with Crippen LogP contribution in [0, 0.1) is 25.7 Å². The first-order chi connectivity index (χ1) is 12.6. The minimum absolute atomic E-state index is 0.212. The lowest BCUT2D eigenvalue weighted by Crippen LogP contribution is -2.52. The lowest BCUT2D eigenvalue weighted by atomic mass is 9.72. The standard InChI is InChI=1S/C22H29N3O/c1-15-11-13-24(20-9-5-4-8-18(15)20)22(26)19-14-16(2)25(17(19)3)21-10-6-7-12-23-21/h6-7,10,12,14-15,18,20H,4-5,8-9,11,13H2,1-3H3. The Morgan fingerprint density at radius 1 is 1.15 bits per heavy atom. The van der Waals surface area contributed by atoms with Gasteiger partial charge in [-0.05, 0) is 63.1 Å². The molecule has 1 aliphatic carbocycles. The number of hydrogen-bond donors (Lipinski definition) is 0. The number of nitrogens with zero attached hydrogens (tertiary/aromatic N) is 3. The van der Waals surface area contributed by atoms with E-state index in [0.29, 0.717) is 12.0 Å². The van der Waals surface area contributed by atoms with Gasteiger partial charge in [-0.2, -0.15) is 0 Å². The zero-order chi connectivity index (χ0) is 18.3. The zero-order valence-electron chi connectivity index (χ0n) is 16.1. The van der Waals surface area contributed by atoms with Crippen LogP contribution >= 0.6 is 0 Å². The number of hydrogen-bond acceptors (Lipinski definition) is 2. The molecular formula is C22H29N3O. The molecule has 3 atom stereocenters. The molecule has 26 heavy (non-hydrogen) atoms. The molecule has 0 bridgehead atoms. The molecule has 0 N–H and O–H groups in total. The van der Waals surface area contributed by atoms with E-state index in [1.165, 1.54) is 25.7 Å². The number of carbonyl (C=O) groups is 1. The smallest absolute Gasteiger partial charge is 0.255 e. The average molecular weight is 351 g/mol. The van der Waals surface area contributed by atoms with Gasteiger partial charge >= 0.3 is 0 Å². The number of fused-ring (bicyclic) bond motifs is 1. The first-order valence-electron chi connectivity index (χ1n) is 9.99.